The molecule has 0 saturated heterocycles. The number of carbonyl (C=O) groups is 2. The largest absolute Gasteiger partial charge is 0.309 e. The van der Waals surface area contributed by atoms with Crippen LogP contribution < -0.4 is 4.90 Å². The van der Waals surface area contributed by atoms with Gasteiger partial charge in [-0.25, -0.2) is 4.90 Å². The maximum Gasteiger partial charge on any atom is 0.266 e. The van der Waals surface area contributed by atoms with Crippen LogP contribution in [-0.4, -0.2) is 26.6 Å². The molecule has 0 spiro atoms. The van der Waals surface area contributed by atoms with Crippen molar-refractivity contribution in [3.05, 3.63) is 64.4 Å². The fraction of sp³-hybridized carbons (Fsp3) is 0.111. The highest BCUT2D eigenvalue weighted by atomic mass is 35.5. The van der Waals surface area contributed by atoms with E-state index in [2.05, 4.69) is 10.2 Å². The van der Waals surface area contributed by atoms with E-state index >= 15 is 0 Å². The molecule has 8 heteroatoms. The predicted molar refractivity (Wildman–Crippen MR) is 98.9 cm³/mol. The van der Waals surface area contributed by atoms with E-state index in [1.54, 1.807) is 42.5 Å². The molecule has 0 radical (unpaired) electrons. The average Bonchev–Trinajstić information content (AvgIpc) is 3.08. The van der Waals surface area contributed by atoms with E-state index in [1.165, 1.54) is 16.7 Å². The molecular weight excluding hydrogens is 372 g/mol. The third kappa shape index (κ3) is 2.60. The zero-order chi connectivity index (χ0) is 18.4. The van der Waals surface area contributed by atoms with Crippen molar-refractivity contribution in [2.45, 2.75) is 17.0 Å². The molecule has 3 aromatic rings. The van der Waals surface area contributed by atoms with E-state index in [0.717, 1.165) is 5.82 Å². The van der Waals surface area contributed by atoms with E-state index in [4.69, 9.17) is 11.6 Å². The van der Waals surface area contributed by atoms with Crippen LogP contribution in [0.3, 0.4) is 0 Å². The lowest BCUT2D eigenvalue weighted by Crippen LogP contribution is -2.29. The number of benzene rings is 2. The van der Waals surface area contributed by atoms with Gasteiger partial charge in [0.15, 0.2) is 5.16 Å². The number of amides is 2. The summed E-state index contributed by atoms with van der Waals surface area (Å²) < 4.78 is 1.84. The lowest BCUT2D eigenvalue weighted by atomic mass is 10.1. The van der Waals surface area contributed by atoms with Crippen LogP contribution in [0.2, 0.25) is 5.02 Å². The summed E-state index contributed by atoms with van der Waals surface area (Å²) in [6.07, 6.45) is 0. The number of anilines is 1. The van der Waals surface area contributed by atoms with Crippen LogP contribution in [0, 0.1) is 6.92 Å². The van der Waals surface area contributed by atoms with Gasteiger partial charge in [-0.3, -0.25) is 9.59 Å². The first-order chi connectivity index (χ1) is 12.5. The quantitative estimate of drug-likeness (QED) is 0.643. The Hall–Kier alpha value is -2.64. The van der Waals surface area contributed by atoms with Gasteiger partial charge in [0.1, 0.15) is 5.82 Å². The Morgan fingerprint density at radius 2 is 1.65 bits per heavy atom. The van der Waals surface area contributed by atoms with Crippen LogP contribution in [0.15, 0.2) is 52.5 Å². The highest BCUT2D eigenvalue weighted by molar-refractivity contribution is 7.99. The van der Waals surface area contributed by atoms with Gasteiger partial charge in [-0.15, -0.1) is 10.2 Å². The number of nitrogens with zero attached hydrogens (tertiary/aromatic N) is 4. The van der Waals surface area contributed by atoms with Gasteiger partial charge in [0.25, 0.3) is 11.8 Å². The predicted octanol–water partition coefficient (Wildman–Crippen LogP) is 3.73. The van der Waals surface area contributed by atoms with Crippen LogP contribution in [0.25, 0.3) is 0 Å². The summed E-state index contributed by atoms with van der Waals surface area (Å²) in [5, 5.41) is 9.27. The van der Waals surface area contributed by atoms with Crippen LogP contribution in [0.5, 0.6) is 0 Å². The summed E-state index contributed by atoms with van der Waals surface area (Å²) in [7, 11) is 1.86. The molecule has 0 aliphatic carbocycles. The molecular formula is C18H13ClN4O2S. The zero-order valence-electron chi connectivity index (χ0n) is 13.9. The maximum absolute atomic E-state index is 12.8. The van der Waals surface area contributed by atoms with Gasteiger partial charge in [-0.1, -0.05) is 23.7 Å². The first kappa shape index (κ1) is 16.8. The Balaban J connectivity index is 1.80. The van der Waals surface area contributed by atoms with Crippen molar-refractivity contribution in [2.24, 2.45) is 7.05 Å². The molecule has 0 atom stereocenters. The van der Waals surface area contributed by atoms with Crippen LogP contribution in [0.4, 0.5) is 5.69 Å². The summed E-state index contributed by atoms with van der Waals surface area (Å²) in [6.45, 7) is 1.85. The standard InChI is InChI=1S/C18H13ClN4O2S/c1-10-20-21-18(22(10)2)26-15-8-7-11(19)9-14(15)23-16(24)12-5-3-4-6-13(12)17(23)25/h3-9H,1-2H3. The highest BCUT2D eigenvalue weighted by Gasteiger charge is 2.37. The molecule has 0 bridgehead atoms. The number of carbonyl (C=O) groups excluding carboxylic acids is 2. The Bertz CT molecular complexity index is 1030. The van der Waals surface area contributed by atoms with Crippen molar-refractivity contribution >= 4 is 40.9 Å². The molecule has 1 aliphatic rings. The van der Waals surface area contributed by atoms with Crippen LogP contribution in [0.1, 0.15) is 26.5 Å². The van der Waals surface area contributed by atoms with Crippen molar-refractivity contribution in [3.63, 3.8) is 0 Å². The second-order valence-electron chi connectivity index (χ2n) is 5.79. The second kappa shape index (κ2) is 6.26. The minimum atomic E-state index is -0.358. The monoisotopic (exact) mass is 384 g/mol. The Morgan fingerprint density at radius 3 is 2.23 bits per heavy atom. The topological polar surface area (TPSA) is 68.1 Å². The first-order valence-corrected chi connectivity index (χ1v) is 8.98. The number of fused-ring (bicyclic) bond motifs is 1. The van der Waals surface area contributed by atoms with Crippen LogP contribution in [-0.2, 0) is 7.05 Å². The molecule has 2 aromatic carbocycles. The highest BCUT2D eigenvalue weighted by Crippen LogP contribution is 2.39. The summed E-state index contributed by atoms with van der Waals surface area (Å²) in [6, 6.07) is 11.9. The van der Waals surface area contributed by atoms with Crippen molar-refractivity contribution in [3.8, 4) is 0 Å². The SMILES string of the molecule is Cc1nnc(Sc2ccc(Cl)cc2N2C(=O)c3ccccc3C2=O)n1C. The Morgan fingerprint density at radius 1 is 1.00 bits per heavy atom. The lowest BCUT2D eigenvalue weighted by Gasteiger charge is -2.18. The fourth-order valence-corrected chi connectivity index (χ4v) is 3.84. The maximum atomic E-state index is 12.8. The number of hydrogen-bond donors (Lipinski definition) is 0. The number of aryl methyl sites for hydroxylation is 1. The Labute approximate surface area is 158 Å². The molecule has 0 saturated carbocycles. The number of aromatic nitrogens is 3. The van der Waals surface area contributed by atoms with E-state index < -0.39 is 0 Å². The molecule has 26 heavy (non-hydrogen) atoms. The number of halogens is 1. The molecule has 1 aliphatic heterocycles. The number of hydrogen-bond acceptors (Lipinski definition) is 5. The van der Waals surface area contributed by atoms with Gasteiger partial charge in [-0.05, 0) is 49.0 Å². The minimum absolute atomic E-state index is 0.358. The normalized spacial score (nSPS) is 13.4. The summed E-state index contributed by atoms with van der Waals surface area (Å²) in [5.74, 6) is 0.0523. The van der Waals surface area contributed by atoms with Gasteiger partial charge in [0.2, 0.25) is 0 Å². The van der Waals surface area contributed by atoms with E-state index in [9.17, 15) is 9.59 Å². The average molecular weight is 385 g/mol. The van der Waals surface area contributed by atoms with Crippen molar-refractivity contribution in [2.75, 3.05) is 4.90 Å². The van der Waals surface area contributed by atoms with Crippen molar-refractivity contribution in [1.82, 2.24) is 14.8 Å². The number of rotatable bonds is 3. The third-order valence-electron chi connectivity index (χ3n) is 4.21. The molecule has 0 unspecified atom stereocenters. The molecule has 130 valence electrons. The zero-order valence-corrected chi connectivity index (χ0v) is 15.5. The van der Waals surface area contributed by atoms with E-state index in [-0.39, 0.29) is 11.8 Å². The molecule has 0 fully saturated rings. The van der Waals surface area contributed by atoms with E-state index in [0.29, 0.717) is 31.9 Å². The molecule has 2 heterocycles. The number of imide groups is 1. The smallest absolute Gasteiger partial charge is 0.266 e. The minimum Gasteiger partial charge on any atom is -0.309 e. The summed E-state index contributed by atoms with van der Waals surface area (Å²) >= 11 is 7.47. The van der Waals surface area contributed by atoms with Crippen molar-refractivity contribution in [1.29, 1.82) is 0 Å². The summed E-state index contributed by atoms with van der Waals surface area (Å²) in [5.41, 5.74) is 1.22. The third-order valence-corrected chi connectivity index (χ3v) is 5.55. The fourth-order valence-electron chi connectivity index (χ4n) is 2.73. The van der Waals surface area contributed by atoms with E-state index in [1.807, 2.05) is 18.5 Å². The van der Waals surface area contributed by atoms with Gasteiger partial charge >= 0.3 is 0 Å². The molecule has 4 rings (SSSR count). The summed E-state index contributed by atoms with van der Waals surface area (Å²) in [4.78, 5) is 27.5. The molecule has 6 nitrogen and oxygen atoms in total. The molecule has 0 N–H and O–H groups in total. The first-order valence-electron chi connectivity index (χ1n) is 7.78. The van der Waals surface area contributed by atoms with Gasteiger partial charge in [0, 0.05) is 17.0 Å². The molecule has 2 amide bonds. The molecule has 1 aromatic heterocycles. The Kier molecular flexibility index (Phi) is 4.05. The lowest BCUT2D eigenvalue weighted by molar-refractivity contribution is 0.0925. The van der Waals surface area contributed by atoms with Gasteiger partial charge in [-0.2, -0.15) is 0 Å². The van der Waals surface area contributed by atoms with Gasteiger partial charge < -0.3 is 4.57 Å². The van der Waals surface area contributed by atoms with Crippen LogP contribution >= 0.6 is 23.4 Å². The van der Waals surface area contributed by atoms with Gasteiger partial charge in [0.05, 0.1) is 16.8 Å². The van der Waals surface area contributed by atoms with Crippen molar-refractivity contribution < 1.29 is 9.59 Å². The second-order valence-corrected chi connectivity index (χ2v) is 7.24.